The van der Waals surface area contributed by atoms with Crippen LogP contribution < -0.4 is 15.0 Å². The Balaban J connectivity index is 1.31. The molecule has 0 unspecified atom stereocenters. The number of pyridine rings is 1. The molecular formula is C39H33N5O. The number of rotatable bonds is 6. The van der Waals surface area contributed by atoms with Crippen molar-refractivity contribution in [1.82, 2.24) is 9.55 Å². The van der Waals surface area contributed by atoms with Crippen LogP contribution in [0.2, 0.25) is 0 Å². The molecule has 0 spiro atoms. The average Bonchev–Trinajstić information content (AvgIpc) is 3.60. The SMILES string of the molecule is CC(C)c1ccnc(-n2c3ccccc3c3ccc(N(c4ccccc4)c4cccc(N5ON(C)c6ccccc65)c4)cc32)c1. The number of hydroxylamine groups is 1. The Kier molecular flexibility index (Phi) is 6.50. The van der Waals surface area contributed by atoms with Crippen molar-refractivity contribution in [3.8, 4) is 5.82 Å². The number of hydrogen-bond donors (Lipinski definition) is 0. The molecular weight excluding hydrogens is 554 g/mol. The predicted molar refractivity (Wildman–Crippen MR) is 185 cm³/mol. The van der Waals surface area contributed by atoms with Crippen molar-refractivity contribution in [3.63, 3.8) is 0 Å². The minimum absolute atomic E-state index is 0.405. The van der Waals surface area contributed by atoms with Crippen molar-refractivity contribution >= 4 is 55.9 Å². The lowest BCUT2D eigenvalue weighted by Gasteiger charge is -2.27. The van der Waals surface area contributed by atoms with Crippen LogP contribution in [0.5, 0.6) is 0 Å². The normalized spacial score (nSPS) is 12.8. The fourth-order valence-corrected chi connectivity index (χ4v) is 6.34. The first-order valence-electron chi connectivity index (χ1n) is 15.3. The zero-order valence-corrected chi connectivity index (χ0v) is 25.5. The van der Waals surface area contributed by atoms with Crippen LogP contribution in [0.4, 0.5) is 34.1 Å². The van der Waals surface area contributed by atoms with Gasteiger partial charge in [-0.2, -0.15) is 5.06 Å². The third-order valence-electron chi connectivity index (χ3n) is 8.56. The molecule has 0 saturated heterocycles. The van der Waals surface area contributed by atoms with Gasteiger partial charge >= 0.3 is 0 Å². The van der Waals surface area contributed by atoms with E-state index < -0.39 is 0 Å². The molecule has 5 aromatic carbocycles. The smallest absolute Gasteiger partial charge is 0.137 e. The van der Waals surface area contributed by atoms with Gasteiger partial charge in [0, 0.05) is 41.1 Å². The molecule has 2 aromatic heterocycles. The van der Waals surface area contributed by atoms with E-state index in [0.29, 0.717) is 5.92 Å². The highest BCUT2D eigenvalue weighted by molar-refractivity contribution is 6.10. The third-order valence-corrected chi connectivity index (χ3v) is 8.56. The van der Waals surface area contributed by atoms with Gasteiger partial charge in [0.2, 0.25) is 0 Å². The summed E-state index contributed by atoms with van der Waals surface area (Å²) >= 11 is 0. The molecule has 220 valence electrons. The average molecular weight is 588 g/mol. The van der Waals surface area contributed by atoms with E-state index in [1.165, 1.54) is 16.3 Å². The maximum absolute atomic E-state index is 6.18. The van der Waals surface area contributed by atoms with Crippen LogP contribution in [0.3, 0.4) is 0 Å². The molecule has 0 aliphatic carbocycles. The lowest BCUT2D eigenvalue weighted by Crippen LogP contribution is -2.21. The maximum atomic E-state index is 6.18. The van der Waals surface area contributed by atoms with Crippen LogP contribution in [-0.4, -0.2) is 16.6 Å². The summed E-state index contributed by atoms with van der Waals surface area (Å²) in [6.45, 7) is 4.44. The van der Waals surface area contributed by atoms with Crippen molar-refractivity contribution in [2.24, 2.45) is 0 Å². The molecule has 6 heteroatoms. The molecule has 6 nitrogen and oxygen atoms in total. The number of aromatic nitrogens is 2. The highest BCUT2D eigenvalue weighted by atomic mass is 16.8. The monoisotopic (exact) mass is 587 g/mol. The number of benzene rings is 5. The van der Waals surface area contributed by atoms with Crippen LogP contribution in [0.25, 0.3) is 27.6 Å². The summed E-state index contributed by atoms with van der Waals surface area (Å²) in [5.74, 6) is 1.33. The Labute approximate surface area is 262 Å². The molecule has 0 radical (unpaired) electrons. The fraction of sp³-hybridized carbons (Fsp3) is 0.103. The van der Waals surface area contributed by atoms with E-state index in [1.807, 2.05) is 30.4 Å². The van der Waals surface area contributed by atoms with E-state index in [9.17, 15) is 0 Å². The van der Waals surface area contributed by atoms with Gasteiger partial charge in [-0.25, -0.2) is 10.0 Å². The van der Waals surface area contributed by atoms with Crippen LogP contribution in [0.15, 0.2) is 140 Å². The topological polar surface area (TPSA) is 36.8 Å². The molecule has 0 bridgehead atoms. The van der Waals surface area contributed by atoms with E-state index in [0.717, 1.165) is 51.0 Å². The Morgan fingerprint density at radius 3 is 2.18 bits per heavy atom. The highest BCUT2D eigenvalue weighted by Crippen LogP contribution is 2.44. The predicted octanol–water partition coefficient (Wildman–Crippen LogP) is 10.2. The third kappa shape index (κ3) is 4.58. The molecule has 45 heavy (non-hydrogen) atoms. The summed E-state index contributed by atoms with van der Waals surface area (Å²) in [5.41, 5.74) is 9.62. The van der Waals surface area contributed by atoms with Gasteiger partial charge in [0.15, 0.2) is 0 Å². The first-order valence-corrected chi connectivity index (χ1v) is 15.3. The highest BCUT2D eigenvalue weighted by Gasteiger charge is 2.27. The molecule has 0 atom stereocenters. The number of fused-ring (bicyclic) bond motifs is 4. The Morgan fingerprint density at radius 1 is 0.622 bits per heavy atom. The number of para-hydroxylation sites is 4. The van der Waals surface area contributed by atoms with E-state index in [4.69, 9.17) is 9.92 Å². The Bertz CT molecular complexity index is 2170. The molecule has 0 amide bonds. The van der Waals surface area contributed by atoms with Gasteiger partial charge in [-0.1, -0.05) is 74.5 Å². The van der Waals surface area contributed by atoms with Gasteiger partial charge in [0.05, 0.1) is 28.1 Å². The summed E-state index contributed by atoms with van der Waals surface area (Å²) in [7, 11) is 1.93. The largest absolute Gasteiger partial charge is 0.310 e. The first kappa shape index (κ1) is 27.0. The van der Waals surface area contributed by atoms with Crippen molar-refractivity contribution < 1.29 is 4.94 Å². The second kappa shape index (κ2) is 10.8. The summed E-state index contributed by atoms with van der Waals surface area (Å²) in [4.78, 5) is 13.3. The summed E-state index contributed by atoms with van der Waals surface area (Å²) in [5, 5.41) is 6.08. The first-order chi connectivity index (χ1) is 22.1. The van der Waals surface area contributed by atoms with Crippen molar-refractivity contribution in [1.29, 1.82) is 0 Å². The molecule has 1 aliphatic rings. The van der Waals surface area contributed by atoms with Gasteiger partial charge in [-0.3, -0.25) is 4.57 Å². The van der Waals surface area contributed by atoms with Gasteiger partial charge in [0.25, 0.3) is 0 Å². The summed E-state index contributed by atoms with van der Waals surface area (Å²) in [6, 6.07) is 46.9. The van der Waals surface area contributed by atoms with Crippen LogP contribution in [0.1, 0.15) is 25.3 Å². The lowest BCUT2D eigenvalue weighted by molar-refractivity contribution is 0.142. The van der Waals surface area contributed by atoms with E-state index in [1.54, 1.807) is 5.06 Å². The van der Waals surface area contributed by atoms with Gasteiger partial charge in [0.1, 0.15) is 5.82 Å². The quantitative estimate of drug-likeness (QED) is 0.193. The Hall–Kier alpha value is -5.59. The van der Waals surface area contributed by atoms with Crippen LogP contribution in [-0.2, 0) is 4.94 Å². The van der Waals surface area contributed by atoms with Crippen molar-refractivity contribution in [2.75, 3.05) is 22.1 Å². The van der Waals surface area contributed by atoms with E-state index in [2.05, 4.69) is 145 Å². The van der Waals surface area contributed by atoms with Crippen molar-refractivity contribution in [3.05, 3.63) is 145 Å². The molecule has 0 N–H and O–H groups in total. The van der Waals surface area contributed by atoms with Gasteiger partial charge in [-0.05, 0) is 84.3 Å². The molecule has 7 aromatic rings. The lowest BCUT2D eigenvalue weighted by atomic mass is 10.1. The van der Waals surface area contributed by atoms with Gasteiger partial charge in [-0.15, -0.1) is 4.94 Å². The minimum atomic E-state index is 0.405. The number of anilines is 6. The molecule has 1 aliphatic heterocycles. The zero-order valence-electron chi connectivity index (χ0n) is 25.5. The fourth-order valence-electron chi connectivity index (χ4n) is 6.34. The summed E-state index contributed by atoms with van der Waals surface area (Å²) in [6.07, 6.45) is 1.92. The standard InChI is InChI=1S/C39H33N5O/c1-27(2)28-22-23-40-39(24-28)43-35-17-8-7-16-33(35)34-21-20-31(26-38(34)43)42(29-12-5-4-6-13-29)30-14-11-15-32(25-30)44-37-19-10-9-18-36(37)41(3)45-44/h4-27H,1-3H3. The van der Waals surface area contributed by atoms with E-state index in [-0.39, 0.29) is 0 Å². The molecule has 0 saturated carbocycles. The van der Waals surface area contributed by atoms with Gasteiger partial charge < -0.3 is 4.90 Å². The second-order valence-corrected chi connectivity index (χ2v) is 11.7. The number of hydrogen-bond acceptors (Lipinski definition) is 5. The molecule has 8 rings (SSSR count). The van der Waals surface area contributed by atoms with Crippen LogP contribution in [0, 0.1) is 0 Å². The Morgan fingerprint density at radius 2 is 1.33 bits per heavy atom. The summed E-state index contributed by atoms with van der Waals surface area (Å²) < 4.78 is 2.30. The van der Waals surface area contributed by atoms with Crippen molar-refractivity contribution in [2.45, 2.75) is 19.8 Å². The molecule has 3 heterocycles. The maximum Gasteiger partial charge on any atom is 0.137 e. The van der Waals surface area contributed by atoms with Crippen LogP contribution >= 0.6 is 0 Å². The second-order valence-electron chi connectivity index (χ2n) is 11.7. The minimum Gasteiger partial charge on any atom is -0.310 e. The number of nitrogens with zero attached hydrogens (tertiary/aromatic N) is 5. The van der Waals surface area contributed by atoms with E-state index >= 15 is 0 Å². The molecule has 0 fully saturated rings. The zero-order chi connectivity index (χ0) is 30.5.